The number of nitro benzene ring substituents is 1. The van der Waals surface area contributed by atoms with E-state index in [0.29, 0.717) is 28.3 Å². The third kappa shape index (κ3) is 4.62. The van der Waals surface area contributed by atoms with Crippen LogP contribution >= 0.6 is 0 Å². The first-order chi connectivity index (χ1) is 15.8. The second-order valence-corrected chi connectivity index (χ2v) is 9.35. The molecule has 1 aliphatic heterocycles. The molecular weight excluding hydrogens is 448 g/mol. The highest BCUT2D eigenvalue weighted by atomic mass is 32.2. The highest BCUT2D eigenvalue weighted by molar-refractivity contribution is 7.92. The van der Waals surface area contributed by atoms with Crippen LogP contribution in [0.25, 0.3) is 0 Å². The number of non-ortho nitro benzene ring substituents is 1. The number of rotatable bonds is 7. The van der Waals surface area contributed by atoms with Gasteiger partial charge in [0.2, 0.25) is 0 Å². The molecule has 0 amide bonds. The van der Waals surface area contributed by atoms with E-state index >= 15 is 0 Å². The molecule has 0 radical (unpaired) electrons. The molecule has 0 bridgehead atoms. The summed E-state index contributed by atoms with van der Waals surface area (Å²) < 4.78 is 44.6. The molecule has 0 N–H and O–H groups in total. The standard InChI is InChI=1S/C23H22N2O7S/c1-16-3-9-22(10-4-16)33(28,29)24(19-5-7-21(30-2)8-6-19)13-17-11-20(25(26)27)12-18-14-31-15-32-23(17)18/h3-12H,13-15H2,1-2H3. The predicted octanol–water partition coefficient (Wildman–Crippen LogP) is 4.17. The fraction of sp³-hybridized carbons (Fsp3) is 0.217. The van der Waals surface area contributed by atoms with Crippen LogP contribution in [0, 0.1) is 17.0 Å². The smallest absolute Gasteiger partial charge is 0.270 e. The quantitative estimate of drug-likeness (QED) is 0.377. The van der Waals surface area contributed by atoms with Gasteiger partial charge in [0.1, 0.15) is 11.5 Å². The van der Waals surface area contributed by atoms with E-state index in [4.69, 9.17) is 14.2 Å². The number of nitrogens with zero attached hydrogens (tertiary/aromatic N) is 2. The van der Waals surface area contributed by atoms with Gasteiger partial charge in [0.15, 0.2) is 6.79 Å². The van der Waals surface area contributed by atoms with E-state index in [2.05, 4.69) is 0 Å². The number of nitro groups is 1. The summed E-state index contributed by atoms with van der Waals surface area (Å²) in [6.45, 7) is 1.81. The average molecular weight is 471 g/mol. The summed E-state index contributed by atoms with van der Waals surface area (Å²) >= 11 is 0. The Morgan fingerprint density at radius 2 is 1.79 bits per heavy atom. The number of benzene rings is 3. The number of ether oxygens (including phenoxy) is 3. The molecule has 10 heteroatoms. The maximum absolute atomic E-state index is 13.7. The number of hydrogen-bond donors (Lipinski definition) is 0. The van der Waals surface area contributed by atoms with Crippen molar-refractivity contribution in [2.75, 3.05) is 18.2 Å². The van der Waals surface area contributed by atoms with Crippen LogP contribution in [-0.2, 0) is 27.9 Å². The van der Waals surface area contributed by atoms with Gasteiger partial charge in [-0.15, -0.1) is 0 Å². The summed E-state index contributed by atoms with van der Waals surface area (Å²) in [4.78, 5) is 11.1. The Kier molecular flexibility index (Phi) is 6.21. The Bertz CT molecular complexity index is 1270. The molecular formula is C23H22N2O7S. The molecule has 0 saturated carbocycles. The summed E-state index contributed by atoms with van der Waals surface area (Å²) in [5.74, 6) is 0.962. The minimum Gasteiger partial charge on any atom is -0.497 e. The second kappa shape index (κ2) is 9.08. The van der Waals surface area contributed by atoms with Crippen molar-refractivity contribution in [1.29, 1.82) is 0 Å². The van der Waals surface area contributed by atoms with Crippen LogP contribution in [-0.4, -0.2) is 27.2 Å². The van der Waals surface area contributed by atoms with Crippen molar-refractivity contribution in [3.8, 4) is 11.5 Å². The van der Waals surface area contributed by atoms with Gasteiger partial charge in [0, 0.05) is 23.3 Å². The van der Waals surface area contributed by atoms with Crippen molar-refractivity contribution in [2.24, 2.45) is 0 Å². The summed E-state index contributed by atoms with van der Waals surface area (Å²) in [7, 11) is -2.49. The van der Waals surface area contributed by atoms with Crippen molar-refractivity contribution in [3.05, 3.63) is 87.5 Å². The van der Waals surface area contributed by atoms with Crippen molar-refractivity contribution in [2.45, 2.75) is 25.0 Å². The van der Waals surface area contributed by atoms with Crippen LogP contribution in [0.1, 0.15) is 16.7 Å². The topological polar surface area (TPSA) is 108 Å². The number of fused-ring (bicyclic) bond motifs is 1. The first-order valence-corrected chi connectivity index (χ1v) is 11.5. The predicted molar refractivity (Wildman–Crippen MR) is 121 cm³/mol. The van der Waals surface area contributed by atoms with Crippen molar-refractivity contribution in [3.63, 3.8) is 0 Å². The van der Waals surface area contributed by atoms with E-state index in [1.54, 1.807) is 36.4 Å². The minimum atomic E-state index is -4.01. The highest BCUT2D eigenvalue weighted by Crippen LogP contribution is 2.36. The van der Waals surface area contributed by atoms with Crippen molar-refractivity contribution in [1.82, 2.24) is 0 Å². The fourth-order valence-corrected chi connectivity index (χ4v) is 5.00. The molecule has 0 saturated heterocycles. The number of methoxy groups -OCH3 is 1. The Balaban J connectivity index is 1.84. The van der Waals surface area contributed by atoms with E-state index in [-0.39, 0.29) is 30.5 Å². The summed E-state index contributed by atoms with van der Waals surface area (Å²) in [5, 5.41) is 11.5. The molecule has 3 aromatic rings. The Morgan fingerprint density at radius 3 is 2.42 bits per heavy atom. The first kappa shape index (κ1) is 22.6. The Labute approximate surface area is 191 Å². The van der Waals surface area contributed by atoms with Crippen LogP contribution in [0.4, 0.5) is 11.4 Å². The van der Waals surface area contributed by atoms with Crippen LogP contribution < -0.4 is 13.8 Å². The molecule has 1 heterocycles. The molecule has 9 nitrogen and oxygen atoms in total. The van der Waals surface area contributed by atoms with Gasteiger partial charge in [-0.1, -0.05) is 17.7 Å². The minimum absolute atomic E-state index is 0.0228. The summed E-state index contributed by atoms with van der Waals surface area (Å²) in [6, 6.07) is 15.8. The number of anilines is 1. The van der Waals surface area contributed by atoms with Gasteiger partial charge in [-0.2, -0.15) is 0 Å². The lowest BCUT2D eigenvalue weighted by molar-refractivity contribution is -0.385. The van der Waals surface area contributed by atoms with Gasteiger partial charge >= 0.3 is 0 Å². The zero-order valence-corrected chi connectivity index (χ0v) is 18.9. The number of sulfonamides is 1. The molecule has 0 aliphatic carbocycles. The number of aryl methyl sites for hydroxylation is 1. The number of hydrogen-bond acceptors (Lipinski definition) is 7. The highest BCUT2D eigenvalue weighted by Gasteiger charge is 2.29. The molecule has 0 spiro atoms. The molecule has 0 fully saturated rings. The molecule has 3 aromatic carbocycles. The lowest BCUT2D eigenvalue weighted by Gasteiger charge is -2.27. The summed E-state index contributed by atoms with van der Waals surface area (Å²) in [6.07, 6.45) is 0. The van der Waals surface area contributed by atoms with Crippen molar-refractivity contribution >= 4 is 21.4 Å². The van der Waals surface area contributed by atoms with E-state index in [9.17, 15) is 18.5 Å². The van der Waals surface area contributed by atoms with E-state index in [0.717, 1.165) is 5.56 Å². The largest absolute Gasteiger partial charge is 0.497 e. The lowest BCUT2D eigenvalue weighted by atomic mass is 10.1. The maximum atomic E-state index is 13.7. The average Bonchev–Trinajstić information content (AvgIpc) is 2.82. The zero-order chi connectivity index (χ0) is 23.6. The first-order valence-electron chi connectivity index (χ1n) is 10.0. The van der Waals surface area contributed by atoms with Gasteiger partial charge in [-0.05, 0) is 43.3 Å². The van der Waals surface area contributed by atoms with Crippen LogP contribution in [0.5, 0.6) is 11.5 Å². The third-order valence-electron chi connectivity index (χ3n) is 5.27. The molecule has 4 rings (SSSR count). The molecule has 0 aromatic heterocycles. The molecule has 33 heavy (non-hydrogen) atoms. The zero-order valence-electron chi connectivity index (χ0n) is 18.1. The van der Waals surface area contributed by atoms with Crippen LogP contribution in [0.3, 0.4) is 0 Å². The van der Waals surface area contributed by atoms with Crippen LogP contribution in [0.15, 0.2) is 65.6 Å². The molecule has 0 atom stereocenters. The molecule has 1 aliphatic rings. The lowest BCUT2D eigenvalue weighted by Crippen LogP contribution is -2.31. The Morgan fingerprint density at radius 1 is 1.09 bits per heavy atom. The van der Waals surface area contributed by atoms with Crippen molar-refractivity contribution < 1.29 is 27.6 Å². The van der Waals surface area contributed by atoms with E-state index in [1.807, 2.05) is 6.92 Å². The third-order valence-corrected chi connectivity index (χ3v) is 7.05. The van der Waals surface area contributed by atoms with Gasteiger partial charge < -0.3 is 14.2 Å². The van der Waals surface area contributed by atoms with E-state index in [1.165, 1.54) is 35.7 Å². The van der Waals surface area contributed by atoms with Crippen LogP contribution in [0.2, 0.25) is 0 Å². The van der Waals surface area contributed by atoms with Gasteiger partial charge in [0.05, 0.1) is 35.8 Å². The Hall–Kier alpha value is -3.63. The maximum Gasteiger partial charge on any atom is 0.270 e. The monoisotopic (exact) mass is 470 g/mol. The molecule has 172 valence electrons. The van der Waals surface area contributed by atoms with E-state index < -0.39 is 14.9 Å². The normalized spacial score (nSPS) is 13.0. The van der Waals surface area contributed by atoms with Gasteiger partial charge in [-0.3, -0.25) is 14.4 Å². The van der Waals surface area contributed by atoms with Gasteiger partial charge in [0.25, 0.3) is 15.7 Å². The summed E-state index contributed by atoms with van der Waals surface area (Å²) in [5.41, 5.74) is 2.00. The second-order valence-electron chi connectivity index (χ2n) is 7.48. The fourth-order valence-electron chi connectivity index (χ4n) is 3.56. The van der Waals surface area contributed by atoms with Gasteiger partial charge in [-0.25, -0.2) is 8.42 Å². The SMILES string of the molecule is COc1ccc(N(Cc2cc([N+](=O)[O-])cc3c2OCOC3)S(=O)(=O)c2ccc(C)cc2)cc1. The molecule has 0 unspecified atom stereocenters.